The minimum Gasteiger partial charge on any atom is -0.496 e. The zero-order valence-electron chi connectivity index (χ0n) is 13.7. The Labute approximate surface area is 148 Å². The van der Waals surface area contributed by atoms with E-state index in [0.29, 0.717) is 16.5 Å². The number of esters is 1. The molecule has 0 spiro atoms. The van der Waals surface area contributed by atoms with Crippen molar-refractivity contribution in [2.45, 2.75) is 25.9 Å². The van der Waals surface area contributed by atoms with Crippen molar-refractivity contribution < 1.29 is 18.8 Å². The molecule has 0 atom stereocenters. The van der Waals surface area contributed by atoms with Crippen LogP contribution in [0.3, 0.4) is 0 Å². The van der Waals surface area contributed by atoms with Gasteiger partial charge in [-0.3, -0.25) is 0 Å². The summed E-state index contributed by atoms with van der Waals surface area (Å²) in [4.78, 5) is 18.4. The normalized spacial score (nSPS) is 12.8. The number of ether oxygens (including phenoxy) is 2. The summed E-state index contributed by atoms with van der Waals surface area (Å²) >= 11 is 1.51. The van der Waals surface area contributed by atoms with E-state index in [1.54, 1.807) is 7.11 Å². The van der Waals surface area contributed by atoms with Crippen molar-refractivity contribution in [2.24, 2.45) is 0 Å². The number of thiophene rings is 1. The zero-order valence-corrected chi connectivity index (χ0v) is 14.5. The van der Waals surface area contributed by atoms with Crippen molar-refractivity contribution in [1.29, 1.82) is 0 Å². The second kappa shape index (κ2) is 6.68. The summed E-state index contributed by atoms with van der Waals surface area (Å²) in [6.45, 7) is -0.0520. The van der Waals surface area contributed by atoms with E-state index in [0.717, 1.165) is 18.4 Å². The van der Waals surface area contributed by atoms with Crippen molar-refractivity contribution in [3.8, 4) is 17.1 Å². The van der Waals surface area contributed by atoms with Crippen molar-refractivity contribution in [3.63, 3.8) is 0 Å². The summed E-state index contributed by atoms with van der Waals surface area (Å²) in [5, 5.41) is 3.93. The van der Waals surface area contributed by atoms with Crippen molar-refractivity contribution in [2.75, 3.05) is 7.11 Å². The second-order valence-corrected chi connectivity index (χ2v) is 6.84. The van der Waals surface area contributed by atoms with Crippen LogP contribution in [0.5, 0.6) is 5.75 Å². The highest BCUT2D eigenvalue weighted by molar-refractivity contribution is 7.14. The van der Waals surface area contributed by atoms with Crippen LogP contribution in [0.2, 0.25) is 0 Å². The van der Waals surface area contributed by atoms with Gasteiger partial charge in [0.05, 0.1) is 12.7 Å². The fraction of sp³-hybridized carbons (Fsp3) is 0.278. The van der Waals surface area contributed by atoms with E-state index in [2.05, 4.69) is 10.1 Å². The number of fused-ring (bicyclic) bond motifs is 1. The summed E-state index contributed by atoms with van der Waals surface area (Å²) in [6, 6.07) is 9.32. The van der Waals surface area contributed by atoms with Gasteiger partial charge in [-0.15, -0.1) is 11.3 Å². The number of rotatable bonds is 5. The van der Waals surface area contributed by atoms with E-state index in [1.165, 1.54) is 28.2 Å². The molecule has 128 valence electrons. The highest BCUT2D eigenvalue weighted by Crippen LogP contribution is 2.31. The van der Waals surface area contributed by atoms with Crippen LogP contribution in [0.25, 0.3) is 11.4 Å². The Morgan fingerprint density at radius 1 is 1.32 bits per heavy atom. The lowest BCUT2D eigenvalue weighted by Gasteiger charge is -2.03. The molecule has 4 rings (SSSR count). The fourth-order valence-electron chi connectivity index (χ4n) is 2.88. The molecule has 25 heavy (non-hydrogen) atoms. The topological polar surface area (TPSA) is 74.5 Å². The van der Waals surface area contributed by atoms with Gasteiger partial charge in [0, 0.05) is 4.88 Å². The number of aromatic nitrogens is 2. The number of carbonyl (C=O) groups excluding carboxylic acids is 1. The molecule has 0 saturated heterocycles. The van der Waals surface area contributed by atoms with Crippen LogP contribution in [-0.2, 0) is 24.2 Å². The predicted octanol–water partition coefficient (Wildman–Crippen LogP) is 3.65. The van der Waals surface area contributed by atoms with Gasteiger partial charge in [0.1, 0.15) is 10.6 Å². The molecule has 0 bridgehead atoms. The third-order valence-corrected chi connectivity index (χ3v) is 5.31. The molecule has 2 heterocycles. The number of para-hydroxylation sites is 1. The van der Waals surface area contributed by atoms with Gasteiger partial charge in [0.25, 0.3) is 5.89 Å². The molecule has 0 amide bonds. The van der Waals surface area contributed by atoms with E-state index in [9.17, 15) is 4.79 Å². The maximum Gasteiger partial charge on any atom is 0.348 e. The molecule has 1 aromatic carbocycles. The summed E-state index contributed by atoms with van der Waals surface area (Å²) in [7, 11) is 1.58. The lowest BCUT2D eigenvalue weighted by atomic mass is 10.2. The lowest BCUT2D eigenvalue weighted by Crippen LogP contribution is -2.03. The van der Waals surface area contributed by atoms with Gasteiger partial charge in [-0.25, -0.2) is 4.79 Å². The van der Waals surface area contributed by atoms with E-state index in [-0.39, 0.29) is 18.5 Å². The van der Waals surface area contributed by atoms with Crippen LogP contribution in [-0.4, -0.2) is 23.2 Å². The monoisotopic (exact) mass is 356 g/mol. The van der Waals surface area contributed by atoms with E-state index in [4.69, 9.17) is 14.0 Å². The third-order valence-electron chi connectivity index (χ3n) is 4.09. The first-order valence-corrected chi connectivity index (χ1v) is 8.81. The van der Waals surface area contributed by atoms with Gasteiger partial charge in [0.15, 0.2) is 6.61 Å². The van der Waals surface area contributed by atoms with Gasteiger partial charge >= 0.3 is 5.97 Å². The van der Waals surface area contributed by atoms with Gasteiger partial charge in [0.2, 0.25) is 5.82 Å². The first-order chi connectivity index (χ1) is 12.2. The molecule has 0 aliphatic heterocycles. The Morgan fingerprint density at radius 3 is 3.04 bits per heavy atom. The van der Waals surface area contributed by atoms with Gasteiger partial charge in [-0.2, -0.15) is 4.98 Å². The van der Waals surface area contributed by atoms with Gasteiger partial charge in [-0.05, 0) is 43.0 Å². The maximum absolute atomic E-state index is 12.2. The minimum absolute atomic E-state index is 0.0520. The molecule has 0 saturated carbocycles. The Morgan fingerprint density at radius 2 is 2.20 bits per heavy atom. The predicted molar refractivity (Wildman–Crippen MR) is 91.7 cm³/mol. The highest BCUT2D eigenvalue weighted by atomic mass is 32.1. The Hall–Kier alpha value is -2.67. The molecule has 3 aromatic rings. The van der Waals surface area contributed by atoms with Crippen LogP contribution in [0.15, 0.2) is 34.9 Å². The summed E-state index contributed by atoms with van der Waals surface area (Å²) in [5.41, 5.74) is 1.99. The zero-order chi connectivity index (χ0) is 17.2. The summed E-state index contributed by atoms with van der Waals surface area (Å²) < 4.78 is 15.8. The molecule has 0 radical (unpaired) electrons. The Kier molecular flexibility index (Phi) is 4.23. The van der Waals surface area contributed by atoms with Gasteiger partial charge < -0.3 is 14.0 Å². The number of hydrogen-bond donors (Lipinski definition) is 0. The molecule has 2 aromatic heterocycles. The second-order valence-electron chi connectivity index (χ2n) is 5.70. The average Bonchev–Trinajstić information content (AvgIpc) is 3.35. The molecule has 6 nitrogen and oxygen atoms in total. The maximum atomic E-state index is 12.2. The fourth-order valence-corrected chi connectivity index (χ4v) is 4.03. The minimum atomic E-state index is -0.351. The van der Waals surface area contributed by atoms with Crippen LogP contribution in [0, 0.1) is 0 Å². The van der Waals surface area contributed by atoms with Crippen LogP contribution in [0.4, 0.5) is 0 Å². The number of carbonyl (C=O) groups is 1. The highest BCUT2D eigenvalue weighted by Gasteiger charge is 2.20. The molecule has 0 fully saturated rings. The molecular formula is C18H16N2O4S. The van der Waals surface area contributed by atoms with E-state index < -0.39 is 0 Å². The van der Waals surface area contributed by atoms with Crippen LogP contribution >= 0.6 is 11.3 Å². The summed E-state index contributed by atoms with van der Waals surface area (Å²) in [5.74, 6) is 0.952. The molecule has 1 aliphatic carbocycles. The van der Waals surface area contributed by atoms with Gasteiger partial charge in [-0.1, -0.05) is 17.3 Å². The Balaban J connectivity index is 1.43. The van der Waals surface area contributed by atoms with Crippen LogP contribution in [0.1, 0.15) is 32.4 Å². The molecule has 1 aliphatic rings. The number of methoxy groups -OCH3 is 1. The number of nitrogens with zero attached hydrogens (tertiary/aromatic N) is 2. The molecular weight excluding hydrogens is 340 g/mol. The first kappa shape index (κ1) is 15.8. The third kappa shape index (κ3) is 3.15. The van der Waals surface area contributed by atoms with E-state index >= 15 is 0 Å². The quantitative estimate of drug-likeness (QED) is 0.650. The number of benzene rings is 1. The smallest absolute Gasteiger partial charge is 0.348 e. The number of aryl methyl sites for hydroxylation is 2. The molecule has 7 heteroatoms. The van der Waals surface area contributed by atoms with Crippen molar-refractivity contribution in [3.05, 3.63) is 51.5 Å². The lowest BCUT2D eigenvalue weighted by molar-refractivity contribution is 0.0435. The number of hydrogen-bond acceptors (Lipinski definition) is 7. The largest absolute Gasteiger partial charge is 0.496 e. The van der Waals surface area contributed by atoms with Crippen LogP contribution < -0.4 is 4.74 Å². The first-order valence-electron chi connectivity index (χ1n) is 7.99. The molecule has 0 N–H and O–H groups in total. The standard InChI is InChI=1S/C18H16N2O4S/c1-22-13-7-3-2-6-12(13)17-19-16(24-20-17)10-23-18(21)15-9-11-5-4-8-14(11)25-15/h2-3,6-7,9H,4-5,8,10H2,1H3. The summed E-state index contributed by atoms with van der Waals surface area (Å²) in [6.07, 6.45) is 3.27. The SMILES string of the molecule is COc1ccccc1-c1noc(COC(=O)c2cc3c(s2)CCC3)n1. The van der Waals surface area contributed by atoms with E-state index in [1.807, 2.05) is 30.3 Å². The van der Waals surface area contributed by atoms with Crippen molar-refractivity contribution >= 4 is 17.3 Å². The Bertz CT molecular complexity index is 894. The molecule has 0 unspecified atom stereocenters. The average molecular weight is 356 g/mol. The van der Waals surface area contributed by atoms with Crippen molar-refractivity contribution in [1.82, 2.24) is 10.1 Å².